The molecule has 0 heterocycles. The van der Waals surface area contributed by atoms with E-state index in [1.54, 1.807) is 17.8 Å². The molecule has 0 saturated heterocycles. The molecule has 0 aliphatic carbocycles. The molecule has 106 valence electrons. The molecule has 4 heteroatoms. The Morgan fingerprint density at radius 3 is 2.55 bits per heavy atom. The van der Waals surface area contributed by atoms with Crippen molar-refractivity contribution in [2.24, 2.45) is 0 Å². The molecular weight excluding hydrogens is 337 g/mol. The van der Waals surface area contributed by atoms with Crippen molar-refractivity contribution in [3.05, 3.63) is 64.4 Å². The molecule has 0 aromatic heterocycles. The van der Waals surface area contributed by atoms with Crippen molar-refractivity contribution < 1.29 is 4.39 Å². The van der Waals surface area contributed by atoms with Crippen molar-refractivity contribution >= 4 is 27.7 Å². The zero-order valence-corrected chi connectivity index (χ0v) is 13.7. The summed E-state index contributed by atoms with van der Waals surface area (Å²) in [5.74, 6) is 0.687. The van der Waals surface area contributed by atoms with E-state index in [-0.39, 0.29) is 5.82 Å². The Kier molecular flexibility index (Phi) is 6.07. The molecule has 1 atom stereocenters. The number of rotatable bonds is 6. The van der Waals surface area contributed by atoms with Crippen LogP contribution in [0.2, 0.25) is 0 Å². The zero-order chi connectivity index (χ0) is 14.4. The van der Waals surface area contributed by atoms with Gasteiger partial charge in [-0.15, -0.1) is 11.8 Å². The minimum Gasteiger partial charge on any atom is -0.316 e. The highest BCUT2D eigenvalue weighted by atomic mass is 79.9. The summed E-state index contributed by atoms with van der Waals surface area (Å²) in [6.07, 6.45) is 0.916. The fourth-order valence-corrected chi connectivity index (χ4v) is 3.42. The van der Waals surface area contributed by atoms with E-state index in [1.165, 1.54) is 11.6 Å². The third-order valence-corrected chi connectivity index (χ3v) is 5.09. The number of thioether (sulfide) groups is 1. The second-order valence-corrected chi connectivity index (χ2v) is 6.44. The van der Waals surface area contributed by atoms with E-state index in [0.717, 1.165) is 16.6 Å². The number of hydrogen-bond donors (Lipinski definition) is 1. The van der Waals surface area contributed by atoms with Gasteiger partial charge in [0.25, 0.3) is 0 Å². The number of benzene rings is 2. The number of likely N-dealkylation sites (N-methyl/N-ethyl adjacent to an activating group) is 1. The largest absolute Gasteiger partial charge is 0.316 e. The van der Waals surface area contributed by atoms with Gasteiger partial charge in [-0.3, -0.25) is 0 Å². The van der Waals surface area contributed by atoms with Crippen LogP contribution >= 0.6 is 27.7 Å². The van der Waals surface area contributed by atoms with Crippen molar-refractivity contribution in [1.29, 1.82) is 0 Å². The fraction of sp³-hybridized carbons (Fsp3) is 0.250. The van der Waals surface area contributed by atoms with Gasteiger partial charge in [0.2, 0.25) is 0 Å². The smallest absolute Gasteiger partial charge is 0.136 e. The van der Waals surface area contributed by atoms with Gasteiger partial charge in [0.05, 0.1) is 0 Å². The molecule has 0 aliphatic heterocycles. The lowest BCUT2D eigenvalue weighted by Gasteiger charge is -2.17. The molecule has 0 fully saturated rings. The van der Waals surface area contributed by atoms with Gasteiger partial charge in [0.15, 0.2) is 0 Å². The van der Waals surface area contributed by atoms with Crippen molar-refractivity contribution in [2.75, 3.05) is 12.8 Å². The highest BCUT2D eigenvalue weighted by Gasteiger charge is 2.11. The van der Waals surface area contributed by atoms with E-state index in [2.05, 4.69) is 27.3 Å². The van der Waals surface area contributed by atoms with Crippen LogP contribution < -0.4 is 5.32 Å². The van der Waals surface area contributed by atoms with E-state index >= 15 is 0 Å². The summed E-state index contributed by atoms with van der Waals surface area (Å²) in [5, 5.41) is 3.30. The third-order valence-electron chi connectivity index (χ3n) is 3.11. The van der Waals surface area contributed by atoms with Crippen LogP contribution in [0.4, 0.5) is 4.39 Å². The van der Waals surface area contributed by atoms with Gasteiger partial charge in [-0.1, -0.05) is 46.3 Å². The van der Waals surface area contributed by atoms with Gasteiger partial charge in [-0.25, -0.2) is 4.39 Å². The summed E-state index contributed by atoms with van der Waals surface area (Å²) in [6.45, 7) is 0. The SMILES string of the molecule is CNC(CSc1ccccc1F)Cc1ccccc1Br. The van der Waals surface area contributed by atoms with Crippen LogP contribution in [-0.2, 0) is 6.42 Å². The Hall–Kier alpha value is -0.840. The van der Waals surface area contributed by atoms with Crippen molar-refractivity contribution in [3.63, 3.8) is 0 Å². The Labute approximate surface area is 132 Å². The maximum Gasteiger partial charge on any atom is 0.136 e. The number of halogens is 2. The van der Waals surface area contributed by atoms with E-state index < -0.39 is 0 Å². The first-order valence-electron chi connectivity index (χ1n) is 6.48. The van der Waals surface area contributed by atoms with Crippen LogP contribution in [-0.4, -0.2) is 18.8 Å². The van der Waals surface area contributed by atoms with Crippen LogP contribution in [0.15, 0.2) is 57.9 Å². The second kappa shape index (κ2) is 7.81. The summed E-state index contributed by atoms with van der Waals surface area (Å²) in [5.41, 5.74) is 1.26. The highest BCUT2D eigenvalue weighted by molar-refractivity contribution is 9.10. The summed E-state index contributed by atoms with van der Waals surface area (Å²) in [6, 6.07) is 15.4. The minimum absolute atomic E-state index is 0.145. The van der Waals surface area contributed by atoms with Gasteiger partial charge in [0.1, 0.15) is 5.82 Å². The first-order valence-corrected chi connectivity index (χ1v) is 8.26. The first-order chi connectivity index (χ1) is 9.70. The van der Waals surface area contributed by atoms with Crippen molar-refractivity contribution in [3.8, 4) is 0 Å². The normalized spacial score (nSPS) is 12.3. The molecule has 2 aromatic rings. The van der Waals surface area contributed by atoms with Gasteiger partial charge in [-0.2, -0.15) is 0 Å². The molecule has 1 nitrogen and oxygen atoms in total. The first kappa shape index (κ1) is 15.5. The Morgan fingerprint density at radius 2 is 1.85 bits per heavy atom. The molecule has 2 rings (SSSR count). The average molecular weight is 354 g/mol. The monoisotopic (exact) mass is 353 g/mol. The Bertz CT molecular complexity index is 562. The Balaban J connectivity index is 1.96. The van der Waals surface area contributed by atoms with Crippen LogP contribution in [0.3, 0.4) is 0 Å². The van der Waals surface area contributed by atoms with Gasteiger partial charge in [0, 0.05) is 21.2 Å². The lowest BCUT2D eigenvalue weighted by Crippen LogP contribution is -2.30. The summed E-state index contributed by atoms with van der Waals surface area (Å²) in [7, 11) is 1.95. The number of nitrogens with one attached hydrogen (secondary N) is 1. The van der Waals surface area contributed by atoms with Gasteiger partial charge < -0.3 is 5.32 Å². The van der Waals surface area contributed by atoms with Crippen molar-refractivity contribution in [2.45, 2.75) is 17.4 Å². The maximum atomic E-state index is 13.6. The molecule has 0 radical (unpaired) electrons. The maximum absolute atomic E-state index is 13.6. The molecule has 1 N–H and O–H groups in total. The van der Waals surface area contributed by atoms with Crippen molar-refractivity contribution in [1.82, 2.24) is 5.32 Å². The van der Waals surface area contributed by atoms with E-state index in [1.807, 2.05) is 37.4 Å². The van der Waals surface area contributed by atoms with Crippen LogP contribution in [0.5, 0.6) is 0 Å². The van der Waals surface area contributed by atoms with Gasteiger partial charge >= 0.3 is 0 Å². The third kappa shape index (κ3) is 4.33. The molecule has 20 heavy (non-hydrogen) atoms. The predicted molar refractivity (Wildman–Crippen MR) is 87.8 cm³/mol. The van der Waals surface area contributed by atoms with Crippen LogP contribution in [0.25, 0.3) is 0 Å². The van der Waals surface area contributed by atoms with Crippen LogP contribution in [0.1, 0.15) is 5.56 Å². The minimum atomic E-state index is -0.145. The van der Waals surface area contributed by atoms with Gasteiger partial charge in [-0.05, 0) is 37.2 Å². The van der Waals surface area contributed by atoms with E-state index in [4.69, 9.17) is 0 Å². The Morgan fingerprint density at radius 1 is 1.15 bits per heavy atom. The average Bonchev–Trinajstić information content (AvgIpc) is 2.47. The predicted octanol–water partition coefficient (Wildman–Crippen LogP) is 4.51. The van der Waals surface area contributed by atoms with E-state index in [0.29, 0.717) is 10.9 Å². The molecule has 0 aliphatic rings. The molecule has 0 spiro atoms. The second-order valence-electron chi connectivity index (χ2n) is 4.52. The highest BCUT2D eigenvalue weighted by Crippen LogP contribution is 2.24. The summed E-state index contributed by atoms with van der Waals surface area (Å²) >= 11 is 5.12. The lowest BCUT2D eigenvalue weighted by molar-refractivity contribution is 0.598. The molecule has 0 bridgehead atoms. The summed E-state index contributed by atoms with van der Waals surface area (Å²) in [4.78, 5) is 0.708. The molecular formula is C16H17BrFNS. The van der Waals surface area contributed by atoms with Crippen LogP contribution in [0, 0.1) is 5.82 Å². The standard InChI is InChI=1S/C16H17BrFNS/c1-19-13(10-12-6-2-3-7-14(12)17)11-20-16-9-5-4-8-15(16)18/h2-9,13,19H,10-11H2,1H3. The molecule has 1 unspecified atom stereocenters. The van der Waals surface area contributed by atoms with E-state index in [9.17, 15) is 4.39 Å². The summed E-state index contributed by atoms with van der Waals surface area (Å²) < 4.78 is 14.7. The quantitative estimate of drug-likeness (QED) is 0.766. The topological polar surface area (TPSA) is 12.0 Å². The fourth-order valence-electron chi connectivity index (χ4n) is 1.93. The molecule has 2 aromatic carbocycles. The lowest BCUT2D eigenvalue weighted by atomic mass is 10.1. The molecule has 0 saturated carbocycles. The zero-order valence-electron chi connectivity index (χ0n) is 11.3. The molecule has 0 amide bonds. The number of hydrogen-bond acceptors (Lipinski definition) is 2.